The first-order valence-corrected chi connectivity index (χ1v) is 12.7. The van der Waals surface area contributed by atoms with Gasteiger partial charge in [-0.3, -0.25) is 9.59 Å². The summed E-state index contributed by atoms with van der Waals surface area (Å²) in [6, 6.07) is 2.26. The molecular weight excluding hydrogens is 412 g/mol. The van der Waals surface area contributed by atoms with Crippen LogP contribution in [0.2, 0.25) is 0 Å². The van der Waals surface area contributed by atoms with Crippen LogP contribution in [0.4, 0.5) is 0 Å². The van der Waals surface area contributed by atoms with E-state index in [2.05, 4.69) is 41.2 Å². The summed E-state index contributed by atoms with van der Waals surface area (Å²) in [4.78, 5) is 30.7. The van der Waals surface area contributed by atoms with Crippen molar-refractivity contribution in [2.75, 3.05) is 13.1 Å². The number of rotatable bonds is 7. The highest BCUT2D eigenvalue weighted by Crippen LogP contribution is 2.67. The van der Waals surface area contributed by atoms with E-state index in [0.29, 0.717) is 18.8 Å². The molecule has 1 aromatic rings. The first-order chi connectivity index (χ1) is 16.1. The average molecular weight is 449 g/mol. The third-order valence-corrected chi connectivity index (χ3v) is 8.26. The second-order valence-corrected chi connectivity index (χ2v) is 10.2. The van der Waals surface area contributed by atoms with Crippen LogP contribution in [0.15, 0.2) is 47.9 Å². The number of piperidine rings is 1. The molecule has 176 valence electrons. The summed E-state index contributed by atoms with van der Waals surface area (Å²) in [5.41, 5.74) is 1.14. The third kappa shape index (κ3) is 3.70. The largest absolute Gasteiger partial charge is 0.464 e. The molecule has 4 atom stereocenters. The standard InChI is InChI=1S/C28H36N2O3/c1-3-5-8-13-24(31)29-16-15-23-22-17-21(12-6-4-2)33-26(22)27-28(23,19-29)18-20-11-9-7-10-14-25(32)30(20)27/h3-4,9,11,17,20,23,27H,1-2,5-8,10,12-16,18-19H2/b11-9-/t20-,23-,27-,28-/m1/s1. The molecule has 3 aliphatic heterocycles. The molecule has 4 heterocycles. The zero-order valence-corrected chi connectivity index (χ0v) is 19.6. The van der Waals surface area contributed by atoms with Crippen LogP contribution in [0.3, 0.4) is 0 Å². The quantitative estimate of drug-likeness (QED) is 0.412. The van der Waals surface area contributed by atoms with E-state index >= 15 is 0 Å². The van der Waals surface area contributed by atoms with E-state index in [4.69, 9.17) is 4.42 Å². The van der Waals surface area contributed by atoms with Crippen LogP contribution >= 0.6 is 0 Å². The number of hydrogen-bond acceptors (Lipinski definition) is 3. The Morgan fingerprint density at radius 2 is 2.12 bits per heavy atom. The summed E-state index contributed by atoms with van der Waals surface area (Å²) >= 11 is 0. The lowest BCUT2D eigenvalue weighted by atomic mass is 9.68. The highest BCUT2D eigenvalue weighted by molar-refractivity contribution is 5.79. The molecule has 0 N–H and O–H groups in total. The average Bonchev–Trinajstić information content (AvgIpc) is 3.41. The lowest BCUT2D eigenvalue weighted by Gasteiger charge is -2.45. The second-order valence-electron chi connectivity index (χ2n) is 10.2. The minimum absolute atomic E-state index is 0.0704. The van der Waals surface area contributed by atoms with Crippen LogP contribution in [0.1, 0.15) is 86.8 Å². The maximum atomic E-state index is 13.4. The van der Waals surface area contributed by atoms with Crippen LogP contribution in [0.5, 0.6) is 0 Å². The number of carbonyl (C=O) groups is 2. The van der Waals surface area contributed by atoms with Gasteiger partial charge in [-0.2, -0.15) is 0 Å². The predicted octanol–water partition coefficient (Wildman–Crippen LogP) is 5.45. The number of nitrogens with zero attached hydrogens (tertiary/aromatic N) is 2. The van der Waals surface area contributed by atoms with Gasteiger partial charge in [-0.25, -0.2) is 0 Å². The van der Waals surface area contributed by atoms with Crippen molar-refractivity contribution in [2.45, 2.75) is 82.2 Å². The number of allylic oxidation sites excluding steroid dienone is 3. The lowest BCUT2D eigenvalue weighted by Crippen LogP contribution is -2.50. The lowest BCUT2D eigenvalue weighted by molar-refractivity contribution is -0.138. The van der Waals surface area contributed by atoms with Gasteiger partial charge in [-0.05, 0) is 62.5 Å². The van der Waals surface area contributed by atoms with Gasteiger partial charge in [0.15, 0.2) is 0 Å². The number of aryl methyl sites for hydroxylation is 1. The maximum Gasteiger partial charge on any atom is 0.223 e. The van der Waals surface area contributed by atoms with Gasteiger partial charge in [-0.1, -0.05) is 24.3 Å². The molecule has 2 amide bonds. The first kappa shape index (κ1) is 22.2. The fraction of sp³-hybridized carbons (Fsp3) is 0.571. The molecule has 2 fully saturated rings. The number of furan rings is 1. The predicted molar refractivity (Wildman–Crippen MR) is 129 cm³/mol. The summed E-state index contributed by atoms with van der Waals surface area (Å²) < 4.78 is 6.49. The van der Waals surface area contributed by atoms with Gasteiger partial charge < -0.3 is 14.2 Å². The van der Waals surface area contributed by atoms with Gasteiger partial charge >= 0.3 is 0 Å². The van der Waals surface area contributed by atoms with E-state index < -0.39 is 0 Å². The summed E-state index contributed by atoms with van der Waals surface area (Å²) in [5.74, 6) is 2.79. The van der Waals surface area contributed by atoms with Crippen molar-refractivity contribution in [3.05, 3.63) is 60.6 Å². The fourth-order valence-corrected chi connectivity index (χ4v) is 6.86. The molecule has 0 bridgehead atoms. The minimum Gasteiger partial charge on any atom is -0.464 e. The summed E-state index contributed by atoms with van der Waals surface area (Å²) in [5, 5.41) is 0. The molecule has 4 aliphatic rings. The Labute approximate surface area is 197 Å². The number of likely N-dealkylation sites (tertiary alicyclic amines) is 1. The number of carbonyl (C=O) groups excluding carboxylic acids is 2. The van der Waals surface area contributed by atoms with Gasteiger partial charge in [0, 0.05) is 37.8 Å². The second kappa shape index (κ2) is 9.00. The molecule has 5 nitrogen and oxygen atoms in total. The van der Waals surface area contributed by atoms with Crippen molar-refractivity contribution in [2.24, 2.45) is 5.41 Å². The molecule has 5 heteroatoms. The van der Waals surface area contributed by atoms with Crippen molar-refractivity contribution in [1.29, 1.82) is 0 Å². The van der Waals surface area contributed by atoms with E-state index in [-0.39, 0.29) is 29.3 Å². The molecule has 0 aromatic carbocycles. The Bertz CT molecular complexity index is 976. The van der Waals surface area contributed by atoms with Crippen LogP contribution in [-0.2, 0) is 16.0 Å². The summed E-state index contributed by atoms with van der Waals surface area (Å²) in [6.07, 6.45) is 16.6. The monoisotopic (exact) mass is 448 g/mol. The first-order valence-electron chi connectivity index (χ1n) is 12.7. The van der Waals surface area contributed by atoms with Crippen molar-refractivity contribution in [3.8, 4) is 0 Å². The van der Waals surface area contributed by atoms with E-state index in [9.17, 15) is 9.59 Å². The van der Waals surface area contributed by atoms with E-state index in [0.717, 1.165) is 76.0 Å². The number of fused-ring (bicyclic) bond motifs is 5. The van der Waals surface area contributed by atoms with Crippen LogP contribution in [0, 0.1) is 5.41 Å². The molecule has 0 radical (unpaired) electrons. The van der Waals surface area contributed by atoms with Crippen LogP contribution in [-0.4, -0.2) is 40.7 Å². The van der Waals surface area contributed by atoms with E-state index in [1.165, 1.54) is 5.56 Å². The molecule has 33 heavy (non-hydrogen) atoms. The van der Waals surface area contributed by atoms with Gasteiger partial charge in [0.05, 0.1) is 12.1 Å². The van der Waals surface area contributed by atoms with Crippen LogP contribution < -0.4 is 0 Å². The number of unbranched alkanes of at least 4 members (excludes halogenated alkanes) is 1. The molecular formula is C28H36N2O3. The highest BCUT2D eigenvalue weighted by atomic mass is 16.3. The van der Waals surface area contributed by atoms with Crippen molar-refractivity contribution < 1.29 is 14.0 Å². The molecule has 5 rings (SSSR count). The van der Waals surface area contributed by atoms with Crippen molar-refractivity contribution in [1.82, 2.24) is 9.80 Å². The van der Waals surface area contributed by atoms with E-state index in [1.807, 2.05) is 12.2 Å². The smallest absolute Gasteiger partial charge is 0.223 e. The van der Waals surface area contributed by atoms with E-state index in [1.54, 1.807) is 0 Å². The molecule has 0 saturated carbocycles. The highest BCUT2D eigenvalue weighted by Gasteiger charge is 2.65. The Balaban J connectivity index is 1.51. The summed E-state index contributed by atoms with van der Waals surface area (Å²) in [6.45, 7) is 9.13. The topological polar surface area (TPSA) is 53.8 Å². The molecule has 2 saturated heterocycles. The maximum absolute atomic E-state index is 13.4. The Hall–Kier alpha value is -2.56. The zero-order chi connectivity index (χ0) is 23.0. The van der Waals surface area contributed by atoms with Gasteiger partial charge in [0.1, 0.15) is 11.5 Å². The fourth-order valence-electron chi connectivity index (χ4n) is 6.86. The molecule has 0 unspecified atom stereocenters. The molecule has 1 aromatic heterocycles. The van der Waals surface area contributed by atoms with Crippen molar-refractivity contribution in [3.63, 3.8) is 0 Å². The zero-order valence-electron chi connectivity index (χ0n) is 19.6. The normalized spacial score (nSPS) is 31.2. The Morgan fingerprint density at radius 3 is 2.94 bits per heavy atom. The van der Waals surface area contributed by atoms with Crippen molar-refractivity contribution >= 4 is 11.8 Å². The third-order valence-electron chi connectivity index (χ3n) is 8.26. The minimum atomic E-state index is -0.146. The SMILES string of the molecule is C=CCCCC(=O)N1CC[C@@H]2c3cc(CCC=C)oc3[C@H]3N4C(=O)CCC/C=C\[C@@H]4C[C@@]23C1. The number of hydrogen-bond donors (Lipinski definition) is 0. The van der Waals surface area contributed by atoms with Crippen LogP contribution in [0.25, 0.3) is 0 Å². The summed E-state index contributed by atoms with van der Waals surface area (Å²) in [7, 11) is 0. The number of amides is 2. The van der Waals surface area contributed by atoms with Gasteiger partial charge in [0.25, 0.3) is 0 Å². The Kier molecular flexibility index (Phi) is 6.07. The molecule has 1 aliphatic carbocycles. The Morgan fingerprint density at radius 1 is 1.27 bits per heavy atom. The molecule has 1 spiro atoms. The van der Waals surface area contributed by atoms with Gasteiger partial charge in [0.2, 0.25) is 11.8 Å². The van der Waals surface area contributed by atoms with Gasteiger partial charge in [-0.15, -0.1) is 13.2 Å².